The number of nitrogens with zero attached hydrogens (tertiary/aromatic N) is 4. The summed E-state index contributed by atoms with van der Waals surface area (Å²) in [6, 6.07) is 0. The minimum Gasteiger partial charge on any atom is -0.301 e. The molecular weight excluding hydrogens is 456 g/mol. The van der Waals surface area contributed by atoms with E-state index in [9.17, 15) is 18.0 Å². The molecule has 3 heterocycles. The minimum absolute atomic E-state index is 0.158. The molecule has 0 radical (unpaired) electrons. The van der Waals surface area contributed by atoms with Gasteiger partial charge in [-0.05, 0) is 19.8 Å². The van der Waals surface area contributed by atoms with Gasteiger partial charge in [0.25, 0.3) is 0 Å². The summed E-state index contributed by atoms with van der Waals surface area (Å²) >= 11 is 3.78. The summed E-state index contributed by atoms with van der Waals surface area (Å²) in [7, 11) is -3.22. The van der Waals surface area contributed by atoms with E-state index in [0.717, 1.165) is 5.69 Å². The van der Waals surface area contributed by atoms with Crippen molar-refractivity contribution in [3.63, 3.8) is 0 Å². The number of carbonyl (C=O) groups is 2. The molecule has 2 aromatic heterocycles. The van der Waals surface area contributed by atoms with Gasteiger partial charge in [0.1, 0.15) is 0 Å². The maximum absolute atomic E-state index is 12.4. The van der Waals surface area contributed by atoms with Crippen LogP contribution in [0.2, 0.25) is 0 Å². The number of thioether (sulfide) groups is 1. The lowest BCUT2D eigenvalue weighted by Crippen LogP contribution is -2.40. The fraction of sp³-hybridized carbons (Fsp3) is 0.533. The number of aryl methyl sites for hydroxylation is 1. The van der Waals surface area contributed by atoms with E-state index in [1.165, 1.54) is 45.0 Å². The molecule has 158 valence electrons. The van der Waals surface area contributed by atoms with Crippen molar-refractivity contribution in [2.75, 3.05) is 35.7 Å². The van der Waals surface area contributed by atoms with E-state index in [1.54, 1.807) is 0 Å². The number of amides is 2. The lowest BCUT2D eigenvalue weighted by molar-refractivity contribution is -0.121. The van der Waals surface area contributed by atoms with E-state index in [0.29, 0.717) is 40.5 Å². The van der Waals surface area contributed by atoms with Crippen molar-refractivity contribution in [3.8, 4) is 0 Å². The van der Waals surface area contributed by atoms with Crippen molar-refractivity contribution in [2.45, 2.75) is 24.1 Å². The summed E-state index contributed by atoms with van der Waals surface area (Å²) in [6.07, 6.45) is 2.11. The highest BCUT2D eigenvalue weighted by Crippen LogP contribution is 2.27. The Hall–Kier alpha value is -1.61. The molecule has 10 nitrogen and oxygen atoms in total. The first-order valence-corrected chi connectivity index (χ1v) is 13.2. The van der Waals surface area contributed by atoms with Crippen LogP contribution in [0.5, 0.6) is 0 Å². The number of nitrogens with one attached hydrogen (secondary N) is 2. The Morgan fingerprint density at radius 2 is 1.97 bits per heavy atom. The van der Waals surface area contributed by atoms with E-state index in [4.69, 9.17) is 0 Å². The lowest BCUT2D eigenvalue weighted by atomic mass is 9.97. The monoisotopic (exact) mass is 476 g/mol. The van der Waals surface area contributed by atoms with E-state index in [2.05, 4.69) is 25.8 Å². The molecule has 0 spiro atoms. The molecule has 1 saturated heterocycles. The molecule has 0 bridgehead atoms. The molecule has 3 rings (SSSR count). The average Bonchev–Trinajstić information content (AvgIpc) is 3.28. The Morgan fingerprint density at radius 1 is 1.24 bits per heavy atom. The third-order valence-corrected chi connectivity index (χ3v) is 8.27. The van der Waals surface area contributed by atoms with E-state index < -0.39 is 10.0 Å². The first-order chi connectivity index (χ1) is 13.7. The van der Waals surface area contributed by atoms with Crippen molar-refractivity contribution < 1.29 is 18.0 Å². The zero-order chi connectivity index (χ0) is 21.0. The predicted molar refractivity (Wildman–Crippen MR) is 114 cm³/mol. The highest BCUT2D eigenvalue weighted by Gasteiger charge is 2.29. The van der Waals surface area contributed by atoms with E-state index in [-0.39, 0.29) is 23.5 Å². The van der Waals surface area contributed by atoms with Gasteiger partial charge in [0.15, 0.2) is 9.47 Å². The maximum atomic E-state index is 12.4. The summed E-state index contributed by atoms with van der Waals surface area (Å²) in [5, 5.41) is 16.1. The van der Waals surface area contributed by atoms with Crippen LogP contribution in [-0.2, 0) is 19.6 Å². The predicted octanol–water partition coefficient (Wildman–Crippen LogP) is 1.64. The van der Waals surface area contributed by atoms with E-state index >= 15 is 0 Å². The van der Waals surface area contributed by atoms with Crippen LogP contribution < -0.4 is 10.6 Å². The summed E-state index contributed by atoms with van der Waals surface area (Å²) in [4.78, 5) is 28.5. The molecule has 1 aliphatic rings. The number of aromatic nitrogens is 3. The Bertz CT molecular complexity index is 981. The Morgan fingerprint density at radius 3 is 2.59 bits per heavy atom. The van der Waals surface area contributed by atoms with Crippen molar-refractivity contribution in [3.05, 3.63) is 11.1 Å². The van der Waals surface area contributed by atoms with Gasteiger partial charge in [-0.25, -0.2) is 17.7 Å². The van der Waals surface area contributed by atoms with Crippen LogP contribution in [0.15, 0.2) is 9.72 Å². The van der Waals surface area contributed by atoms with Gasteiger partial charge in [-0.1, -0.05) is 23.1 Å². The third-order valence-electron chi connectivity index (χ3n) is 4.12. The Kier molecular flexibility index (Phi) is 7.21. The summed E-state index contributed by atoms with van der Waals surface area (Å²) in [6.45, 7) is 2.52. The van der Waals surface area contributed by atoms with Crippen LogP contribution >= 0.6 is 34.4 Å². The van der Waals surface area contributed by atoms with E-state index in [1.807, 2.05) is 12.3 Å². The molecule has 0 saturated carbocycles. The van der Waals surface area contributed by atoms with Gasteiger partial charge in [-0.3, -0.25) is 9.59 Å². The molecule has 2 N–H and O–H groups in total. The number of sulfonamides is 1. The van der Waals surface area contributed by atoms with Crippen LogP contribution in [0, 0.1) is 12.8 Å². The largest absolute Gasteiger partial charge is 0.301 e. The zero-order valence-electron chi connectivity index (χ0n) is 15.7. The van der Waals surface area contributed by atoms with Crippen LogP contribution in [0.1, 0.15) is 18.5 Å². The van der Waals surface area contributed by atoms with Crippen LogP contribution in [-0.4, -0.2) is 64.8 Å². The second-order valence-corrected chi connectivity index (χ2v) is 11.5. The summed E-state index contributed by atoms with van der Waals surface area (Å²) < 4.78 is 25.0. The molecular formula is C15H20N6O4S4. The van der Waals surface area contributed by atoms with Gasteiger partial charge in [0.2, 0.25) is 27.0 Å². The smallest absolute Gasteiger partial charge is 0.236 e. The maximum Gasteiger partial charge on any atom is 0.236 e. The quantitative estimate of drug-likeness (QED) is 0.455. The molecule has 1 fully saturated rings. The summed E-state index contributed by atoms with van der Waals surface area (Å²) in [5.74, 6) is -0.489. The second kappa shape index (κ2) is 9.47. The van der Waals surface area contributed by atoms with Crippen molar-refractivity contribution in [2.24, 2.45) is 5.92 Å². The number of rotatable bonds is 7. The number of piperidine rings is 1. The lowest BCUT2D eigenvalue weighted by Gasteiger charge is -2.29. The first-order valence-electron chi connectivity index (χ1n) is 8.65. The second-order valence-electron chi connectivity index (χ2n) is 6.43. The molecule has 0 aliphatic carbocycles. The van der Waals surface area contributed by atoms with Gasteiger partial charge in [0.05, 0.1) is 17.7 Å². The fourth-order valence-corrected chi connectivity index (χ4v) is 5.80. The van der Waals surface area contributed by atoms with Gasteiger partial charge in [0, 0.05) is 24.4 Å². The number of thiazole rings is 1. The molecule has 2 aromatic rings. The topological polar surface area (TPSA) is 134 Å². The molecule has 0 atom stereocenters. The fourth-order valence-electron chi connectivity index (χ4n) is 2.67. The number of hydrogen-bond acceptors (Lipinski definition) is 10. The standard InChI is InChI=1S/C15H20N6O4S4/c1-9-7-26-13(16-9)17-11(22)8-27-15-20-19-14(28-15)18-12(23)10-3-5-21(6-4-10)29(2,24)25/h7,10H,3-6,8H2,1-2H3,(H,16,17,22)(H,18,19,23). The molecule has 14 heteroatoms. The van der Waals surface area contributed by atoms with Gasteiger partial charge in [-0.15, -0.1) is 21.5 Å². The Labute approximate surface area is 180 Å². The van der Waals surface area contributed by atoms with Gasteiger partial charge >= 0.3 is 0 Å². The molecule has 0 aromatic carbocycles. The highest BCUT2D eigenvalue weighted by atomic mass is 32.2. The van der Waals surface area contributed by atoms with Gasteiger partial charge in [-0.2, -0.15) is 0 Å². The zero-order valence-corrected chi connectivity index (χ0v) is 19.0. The molecule has 1 aliphatic heterocycles. The summed E-state index contributed by atoms with van der Waals surface area (Å²) in [5.41, 5.74) is 0.851. The third kappa shape index (κ3) is 6.44. The normalized spacial score (nSPS) is 15.9. The minimum atomic E-state index is -3.22. The average molecular weight is 477 g/mol. The number of anilines is 2. The van der Waals surface area contributed by atoms with Crippen molar-refractivity contribution in [1.82, 2.24) is 19.5 Å². The van der Waals surface area contributed by atoms with Crippen LogP contribution in [0.3, 0.4) is 0 Å². The SMILES string of the molecule is Cc1csc(NC(=O)CSc2nnc(NC(=O)C3CCN(S(C)(=O)=O)CC3)s2)n1. The van der Waals surface area contributed by atoms with Gasteiger partial charge < -0.3 is 10.6 Å². The highest BCUT2D eigenvalue weighted by molar-refractivity contribution is 8.01. The molecule has 0 unspecified atom stereocenters. The van der Waals surface area contributed by atoms with Crippen LogP contribution in [0.4, 0.5) is 10.3 Å². The van der Waals surface area contributed by atoms with Crippen molar-refractivity contribution >= 4 is 66.5 Å². The number of carbonyl (C=O) groups excluding carboxylic acids is 2. The first kappa shape index (κ1) is 22.1. The molecule has 2 amide bonds. The number of hydrogen-bond donors (Lipinski definition) is 2. The van der Waals surface area contributed by atoms with Crippen molar-refractivity contribution in [1.29, 1.82) is 0 Å². The molecule has 29 heavy (non-hydrogen) atoms. The Balaban J connectivity index is 1.44. The van der Waals surface area contributed by atoms with Crippen LogP contribution in [0.25, 0.3) is 0 Å².